The van der Waals surface area contributed by atoms with Gasteiger partial charge in [0.05, 0.1) is 11.5 Å². The Morgan fingerprint density at radius 3 is 3.30 bits per heavy atom. The van der Waals surface area contributed by atoms with Crippen molar-refractivity contribution >= 4 is 5.91 Å². The van der Waals surface area contributed by atoms with Gasteiger partial charge in [-0.3, -0.25) is 4.79 Å². The topological polar surface area (TPSA) is 38.3 Å². The van der Waals surface area contributed by atoms with Gasteiger partial charge in [-0.25, -0.2) is 0 Å². The Bertz CT molecular complexity index is 180. The first-order valence-corrected chi connectivity index (χ1v) is 3.64. The van der Waals surface area contributed by atoms with Crippen LogP contribution in [0.1, 0.15) is 13.3 Å². The van der Waals surface area contributed by atoms with E-state index < -0.39 is 0 Å². The second-order valence-corrected chi connectivity index (χ2v) is 3.22. The minimum absolute atomic E-state index is 0.118. The van der Waals surface area contributed by atoms with Crippen LogP contribution in [0, 0.1) is 5.92 Å². The molecule has 0 saturated carbocycles. The number of hydrogen-bond donors (Lipinski definition) is 1. The van der Waals surface area contributed by atoms with Crippen LogP contribution in [0.15, 0.2) is 0 Å². The van der Waals surface area contributed by atoms with Crippen LogP contribution in [-0.4, -0.2) is 24.7 Å². The summed E-state index contributed by atoms with van der Waals surface area (Å²) in [4.78, 5) is 11.1. The average molecular weight is 141 g/mol. The molecule has 2 aliphatic heterocycles. The van der Waals surface area contributed by atoms with Gasteiger partial charge in [0.25, 0.3) is 0 Å². The molecule has 2 rings (SSSR count). The Hall–Kier alpha value is -0.570. The lowest BCUT2D eigenvalue weighted by atomic mass is 9.93. The largest absolute Gasteiger partial charge is 0.373 e. The monoisotopic (exact) mass is 141 g/mol. The van der Waals surface area contributed by atoms with Gasteiger partial charge in [-0.05, 0) is 13.3 Å². The third-order valence-corrected chi connectivity index (χ3v) is 2.51. The summed E-state index contributed by atoms with van der Waals surface area (Å²) in [5.41, 5.74) is -0.183. The van der Waals surface area contributed by atoms with E-state index in [1.54, 1.807) is 0 Å². The first-order valence-electron chi connectivity index (χ1n) is 3.64. The molecule has 0 aromatic heterocycles. The smallest absolute Gasteiger partial charge is 0.226 e. The van der Waals surface area contributed by atoms with Gasteiger partial charge < -0.3 is 10.1 Å². The molecular weight excluding hydrogens is 130 g/mol. The van der Waals surface area contributed by atoms with Crippen molar-refractivity contribution < 1.29 is 9.53 Å². The lowest BCUT2D eigenvalue weighted by Crippen LogP contribution is -2.31. The minimum Gasteiger partial charge on any atom is -0.373 e. The molecule has 3 heteroatoms. The van der Waals surface area contributed by atoms with Crippen LogP contribution < -0.4 is 5.32 Å². The molecule has 0 spiro atoms. The number of hydrogen-bond acceptors (Lipinski definition) is 2. The molecule has 1 amide bonds. The highest BCUT2D eigenvalue weighted by molar-refractivity contribution is 5.82. The molecular formula is C7H11NO2. The number of nitrogens with one attached hydrogen (secondary N) is 1. The van der Waals surface area contributed by atoms with Gasteiger partial charge in [0, 0.05) is 13.2 Å². The van der Waals surface area contributed by atoms with E-state index in [2.05, 4.69) is 5.32 Å². The summed E-state index contributed by atoms with van der Waals surface area (Å²) in [6.45, 7) is 3.44. The zero-order valence-corrected chi connectivity index (χ0v) is 6.02. The van der Waals surface area contributed by atoms with E-state index in [-0.39, 0.29) is 17.4 Å². The molecule has 0 aromatic carbocycles. The van der Waals surface area contributed by atoms with Crippen molar-refractivity contribution in [3.8, 4) is 0 Å². The number of ether oxygens (including phenoxy) is 1. The maximum Gasteiger partial charge on any atom is 0.226 e. The van der Waals surface area contributed by atoms with Crippen LogP contribution in [0.25, 0.3) is 0 Å². The second kappa shape index (κ2) is 1.72. The summed E-state index contributed by atoms with van der Waals surface area (Å²) in [5.74, 6) is 0.285. The zero-order chi connectivity index (χ0) is 7.19. The lowest BCUT2D eigenvalue weighted by molar-refractivity contribution is -0.123. The normalized spacial score (nSPS) is 45.3. The summed E-state index contributed by atoms with van der Waals surface area (Å²) >= 11 is 0. The molecule has 3 nitrogen and oxygen atoms in total. The maximum atomic E-state index is 11.1. The number of carbonyl (C=O) groups excluding carboxylic acids is 1. The fourth-order valence-corrected chi connectivity index (χ4v) is 1.78. The number of fused-ring (bicyclic) bond motifs is 1. The van der Waals surface area contributed by atoms with Gasteiger partial charge in [-0.2, -0.15) is 0 Å². The van der Waals surface area contributed by atoms with Gasteiger partial charge in [0.1, 0.15) is 0 Å². The highest BCUT2D eigenvalue weighted by Gasteiger charge is 2.49. The molecule has 0 bridgehead atoms. The van der Waals surface area contributed by atoms with E-state index in [4.69, 9.17) is 4.74 Å². The lowest BCUT2D eigenvalue weighted by Gasteiger charge is -2.18. The predicted molar refractivity (Wildman–Crippen MR) is 35.5 cm³/mol. The van der Waals surface area contributed by atoms with Crippen LogP contribution in [-0.2, 0) is 9.53 Å². The molecule has 0 radical (unpaired) electrons. The van der Waals surface area contributed by atoms with Gasteiger partial charge in [0.15, 0.2) is 0 Å². The van der Waals surface area contributed by atoms with Crippen LogP contribution in [0.3, 0.4) is 0 Å². The van der Waals surface area contributed by atoms with E-state index in [0.717, 1.165) is 13.0 Å². The number of amides is 1. The first kappa shape index (κ1) is 6.16. The quantitative estimate of drug-likeness (QED) is 0.512. The molecule has 0 aliphatic carbocycles. The van der Waals surface area contributed by atoms with Crippen molar-refractivity contribution in [3.05, 3.63) is 0 Å². The Balaban J connectivity index is 2.27. The van der Waals surface area contributed by atoms with Crippen LogP contribution in [0.5, 0.6) is 0 Å². The standard InChI is InChI=1S/C7H11NO2/c1-7-4-8-6(9)5(7)2-3-10-7/h5H,2-4H2,1H3,(H,8,9)/t5-,7+/m0/s1. The van der Waals surface area contributed by atoms with E-state index >= 15 is 0 Å². The van der Waals surface area contributed by atoms with Crippen molar-refractivity contribution in [1.29, 1.82) is 0 Å². The molecule has 56 valence electrons. The highest BCUT2D eigenvalue weighted by Crippen LogP contribution is 2.34. The third kappa shape index (κ3) is 0.611. The SMILES string of the molecule is C[C@@]12CNC(=O)[C@@H]1CCO2. The minimum atomic E-state index is -0.183. The second-order valence-electron chi connectivity index (χ2n) is 3.22. The van der Waals surface area contributed by atoms with Crippen molar-refractivity contribution in [2.24, 2.45) is 5.92 Å². The molecule has 2 atom stereocenters. The molecule has 2 fully saturated rings. The van der Waals surface area contributed by atoms with Gasteiger partial charge in [0.2, 0.25) is 5.91 Å². The van der Waals surface area contributed by atoms with E-state index in [1.807, 2.05) is 6.92 Å². The third-order valence-electron chi connectivity index (χ3n) is 2.51. The van der Waals surface area contributed by atoms with Gasteiger partial charge >= 0.3 is 0 Å². The Labute approximate surface area is 59.7 Å². The van der Waals surface area contributed by atoms with Gasteiger partial charge in [-0.1, -0.05) is 0 Å². The molecule has 2 heterocycles. The molecule has 2 aliphatic rings. The highest BCUT2D eigenvalue weighted by atomic mass is 16.5. The van der Waals surface area contributed by atoms with Crippen molar-refractivity contribution in [2.45, 2.75) is 18.9 Å². The van der Waals surface area contributed by atoms with Crippen LogP contribution in [0.4, 0.5) is 0 Å². The van der Waals surface area contributed by atoms with E-state index in [9.17, 15) is 4.79 Å². The summed E-state index contributed by atoms with van der Waals surface area (Å²) in [6, 6.07) is 0. The number of carbonyl (C=O) groups is 1. The molecule has 0 unspecified atom stereocenters. The Kier molecular flexibility index (Phi) is 1.06. The summed E-state index contributed by atoms with van der Waals surface area (Å²) in [6.07, 6.45) is 0.891. The first-order chi connectivity index (χ1) is 4.72. The van der Waals surface area contributed by atoms with Crippen molar-refractivity contribution in [3.63, 3.8) is 0 Å². The van der Waals surface area contributed by atoms with Crippen molar-refractivity contribution in [1.82, 2.24) is 5.32 Å². The van der Waals surface area contributed by atoms with E-state index in [1.165, 1.54) is 0 Å². The fourth-order valence-electron chi connectivity index (χ4n) is 1.78. The predicted octanol–water partition coefficient (Wildman–Crippen LogP) is -0.0886. The summed E-state index contributed by atoms with van der Waals surface area (Å²) in [5, 5.41) is 2.80. The Morgan fingerprint density at radius 2 is 2.60 bits per heavy atom. The van der Waals surface area contributed by atoms with Crippen molar-refractivity contribution in [2.75, 3.05) is 13.2 Å². The zero-order valence-electron chi connectivity index (χ0n) is 6.02. The summed E-state index contributed by atoms with van der Waals surface area (Å²) in [7, 11) is 0. The van der Waals surface area contributed by atoms with Crippen LogP contribution >= 0.6 is 0 Å². The molecule has 2 saturated heterocycles. The molecule has 0 aromatic rings. The number of rotatable bonds is 0. The van der Waals surface area contributed by atoms with Crippen LogP contribution in [0.2, 0.25) is 0 Å². The maximum absolute atomic E-state index is 11.1. The molecule has 1 N–H and O–H groups in total. The summed E-state index contributed by atoms with van der Waals surface area (Å²) < 4.78 is 5.45. The average Bonchev–Trinajstić information content (AvgIpc) is 2.35. The van der Waals surface area contributed by atoms with Gasteiger partial charge in [-0.15, -0.1) is 0 Å². The van der Waals surface area contributed by atoms with E-state index in [0.29, 0.717) is 6.54 Å². The fraction of sp³-hybridized carbons (Fsp3) is 0.857. The molecule has 10 heavy (non-hydrogen) atoms. The Morgan fingerprint density at radius 1 is 1.80 bits per heavy atom.